The Hall–Kier alpha value is -1.39. The molecule has 1 aromatic carbocycles. The number of carboxylic acid groups (broad SMARTS) is 1. The molecule has 2 N–H and O–H groups in total. The summed E-state index contributed by atoms with van der Waals surface area (Å²) in [6, 6.07) is 7.16. The third kappa shape index (κ3) is 4.00. The molecule has 0 aliphatic heterocycles. The van der Waals surface area contributed by atoms with E-state index >= 15 is 0 Å². The monoisotopic (exact) mass is 223 g/mol. The number of ether oxygens (including phenoxy) is 1. The maximum atomic E-state index is 10.8. The number of carboxylic acids is 1. The molecule has 0 heterocycles. The maximum Gasteiger partial charge on any atom is 0.335 e. The van der Waals surface area contributed by atoms with E-state index in [1.807, 2.05) is 13.0 Å². The normalized spacial score (nSPS) is 12.4. The minimum atomic E-state index is -0.896. The van der Waals surface area contributed by atoms with E-state index in [2.05, 4.69) is 5.32 Å². The average molecular weight is 223 g/mol. The van der Waals surface area contributed by atoms with Crippen LogP contribution in [0.15, 0.2) is 24.3 Å². The van der Waals surface area contributed by atoms with Gasteiger partial charge in [-0.3, -0.25) is 0 Å². The molecule has 4 nitrogen and oxygen atoms in total. The van der Waals surface area contributed by atoms with E-state index in [0.717, 1.165) is 5.56 Å². The van der Waals surface area contributed by atoms with Crippen molar-refractivity contribution in [3.05, 3.63) is 35.4 Å². The molecule has 88 valence electrons. The highest BCUT2D eigenvalue weighted by atomic mass is 16.5. The standard InChI is InChI=1S/C12H17NO3/c1-9(8-16-2)13-7-10-4-3-5-11(6-10)12(14)15/h3-6,9,13H,7-8H2,1-2H3,(H,14,15). The molecule has 0 spiro atoms. The number of rotatable bonds is 6. The summed E-state index contributed by atoms with van der Waals surface area (Å²) in [5.74, 6) is -0.896. The second-order valence-corrected chi connectivity index (χ2v) is 3.74. The Bertz CT molecular complexity index is 352. The zero-order chi connectivity index (χ0) is 12.0. The lowest BCUT2D eigenvalue weighted by molar-refractivity contribution is 0.0696. The van der Waals surface area contributed by atoms with Gasteiger partial charge in [-0.25, -0.2) is 4.79 Å². The van der Waals surface area contributed by atoms with Crippen LogP contribution in [0.3, 0.4) is 0 Å². The van der Waals surface area contributed by atoms with Gasteiger partial charge in [0.15, 0.2) is 0 Å². The molecule has 1 unspecified atom stereocenters. The largest absolute Gasteiger partial charge is 0.478 e. The summed E-state index contributed by atoms with van der Waals surface area (Å²) in [5.41, 5.74) is 1.28. The van der Waals surface area contributed by atoms with Crippen molar-refractivity contribution < 1.29 is 14.6 Å². The maximum absolute atomic E-state index is 10.8. The number of benzene rings is 1. The van der Waals surface area contributed by atoms with Crippen molar-refractivity contribution in [1.82, 2.24) is 5.32 Å². The van der Waals surface area contributed by atoms with Crippen molar-refractivity contribution in [2.24, 2.45) is 0 Å². The molecule has 0 radical (unpaired) electrons. The third-order valence-electron chi connectivity index (χ3n) is 2.25. The molecule has 0 fully saturated rings. The van der Waals surface area contributed by atoms with Gasteiger partial charge in [0.2, 0.25) is 0 Å². The van der Waals surface area contributed by atoms with Crippen molar-refractivity contribution in [3.8, 4) is 0 Å². The highest BCUT2D eigenvalue weighted by Gasteiger charge is 2.04. The number of carbonyl (C=O) groups is 1. The molecular weight excluding hydrogens is 206 g/mol. The Kier molecular flexibility index (Phi) is 4.95. The number of aromatic carboxylic acids is 1. The van der Waals surface area contributed by atoms with Gasteiger partial charge in [0.25, 0.3) is 0 Å². The molecule has 0 aliphatic rings. The number of hydrogen-bond donors (Lipinski definition) is 2. The summed E-state index contributed by atoms with van der Waals surface area (Å²) in [4.78, 5) is 10.8. The fraction of sp³-hybridized carbons (Fsp3) is 0.417. The Balaban J connectivity index is 2.54. The van der Waals surface area contributed by atoms with E-state index in [0.29, 0.717) is 18.7 Å². The van der Waals surface area contributed by atoms with Crippen molar-refractivity contribution in [2.75, 3.05) is 13.7 Å². The number of methoxy groups -OCH3 is 1. The van der Waals surface area contributed by atoms with E-state index in [1.54, 1.807) is 25.3 Å². The van der Waals surface area contributed by atoms with Gasteiger partial charge in [-0.05, 0) is 24.6 Å². The lowest BCUT2D eigenvalue weighted by Gasteiger charge is -2.12. The Morgan fingerprint density at radius 3 is 2.94 bits per heavy atom. The summed E-state index contributed by atoms with van der Waals surface area (Å²) in [5, 5.41) is 12.1. The fourth-order valence-electron chi connectivity index (χ4n) is 1.42. The van der Waals surface area contributed by atoms with Crippen LogP contribution in [-0.2, 0) is 11.3 Å². The Morgan fingerprint density at radius 1 is 1.56 bits per heavy atom. The number of nitrogens with one attached hydrogen (secondary N) is 1. The number of hydrogen-bond acceptors (Lipinski definition) is 3. The van der Waals surface area contributed by atoms with Gasteiger partial charge in [0, 0.05) is 19.7 Å². The second kappa shape index (κ2) is 6.25. The van der Waals surface area contributed by atoms with Crippen LogP contribution in [0.5, 0.6) is 0 Å². The van der Waals surface area contributed by atoms with Crippen LogP contribution in [0.1, 0.15) is 22.8 Å². The van der Waals surface area contributed by atoms with Crippen LogP contribution in [0.4, 0.5) is 0 Å². The SMILES string of the molecule is COCC(C)NCc1cccc(C(=O)O)c1. The topological polar surface area (TPSA) is 58.6 Å². The predicted molar refractivity (Wildman–Crippen MR) is 61.6 cm³/mol. The van der Waals surface area contributed by atoms with Gasteiger partial charge in [-0.2, -0.15) is 0 Å². The first kappa shape index (κ1) is 12.7. The van der Waals surface area contributed by atoms with Crippen LogP contribution >= 0.6 is 0 Å². The van der Waals surface area contributed by atoms with Gasteiger partial charge in [0.1, 0.15) is 0 Å². The highest BCUT2D eigenvalue weighted by molar-refractivity contribution is 5.87. The van der Waals surface area contributed by atoms with Crippen molar-refractivity contribution >= 4 is 5.97 Å². The van der Waals surface area contributed by atoms with Gasteiger partial charge in [-0.15, -0.1) is 0 Å². The average Bonchev–Trinajstić information content (AvgIpc) is 2.27. The molecule has 0 amide bonds. The molecule has 4 heteroatoms. The van der Waals surface area contributed by atoms with Gasteiger partial charge in [0.05, 0.1) is 12.2 Å². The quantitative estimate of drug-likeness (QED) is 0.767. The molecule has 16 heavy (non-hydrogen) atoms. The molecule has 1 rings (SSSR count). The molecule has 0 aromatic heterocycles. The minimum Gasteiger partial charge on any atom is -0.478 e. The van der Waals surface area contributed by atoms with E-state index in [1.165, 1.54) is 0 Å². The molecule has 0 bridgehead atoms. The van der Waals surface area contributed by atoms with Crippen LogP contribution in [0, 0.1) is 0 Å². The summed E-state index contributed by atoms with van der Waals surface area (Å²) >= 11 is 0. The molecule has 1 atom stereocenters. The van der Waals surface area contributed by atoms with Crippen molar-refractivity contribution in [3.63, 3.8) is 0 Å². The molecular formula is C12H17NO3. The summed E-state index contributed by atoms with van der Waals surface area (Å²) < 4.78 is 5.00. The Labute approximate surface area is 95.2 Å². The lowest BCUT2D eigenvalue weighted by atomic mass is 10.1. The fourth-order valence-corrected chi connectivity index (χ4v) is 1.42. The predicted octanol–water partition coefficient (Wildman–Crippen LogP) is 1.51. The van der Waals surface area contributed by atoms with Crippen molar-refractivity contribution in [2.45, 2.75) is 19.5 Å². The zero-order valence-electron chi connectivity index (χ0n) is 9.56. The zero-order valence-corrected chi connectivity index (χ0v) is 9.56. The minimum absolute atomic E-state index is 0.249. The smallest absolute Gasteiger partial charge is 0.335 e. The summed E-state index contributed by atoms with van der Waals surface area (Å²) in [6.07, 6.45) is 0. The first-order valence-corrected chi connectivity index (χ1v) is 5.18. The summed E-state index contributed by atoms with van der Waals surface area (Å²) in [6.45, 7) is 3.30. The molecule has 0 aliphatic carbocycles. The summed E-state index contributed by atoms with van der Waals surface area (Å²) in [7, 11) is 1.66. The van der Waals surface area contributed by atoms with Crippen molar-refractivity contribution in [1.29, 1.82) is 0 Å². The van der Waals surface area contributed by atoms with Gasteiger partial charge < -0.3 is 15.2 Å². The lowest BCUT2D eigenvalue weighted by Crippen LogP contribution is -2.29. The Morgan fingerprint density at radius 2 is 2.31 bits per heavy atom. The highest BCUT2D eigenvalue weighted by Crippen LogP contribution is 2.05. The van der Waals surface area contributed by atoms with E-state index in [9.17, 15) is 4.79 Å². The van der Waals surface area contributed by atoms with E-state index < -0.39 is 5.97 Å². The van der Waals surface area contributed by atoms with Crippen LogP contribution in [-0.4, -0.2) is 30.8 Å². The molecule has 0 saturated carbocycles. The van der Waals surface area contributed by atoms with Crippen LogP contribution in [0.25, 0.3) is 0 Å². The molecule has 0 saturated heterocycles. The first-order valence-electron chi connectivity index (χ1n) is 5.18. The van der Waals surface area contributed by atoms with Crippen LogP contribution < -0.4 is 5.32 Å². The van der Waals surface area contributed by atoms with E-state index in [4.69, 9.17) is 9.84 Å². The van der Waals surface area contributed by atoms with Crippen LogP contribution in [0.2, 0.25) is 0 Å². The second-order valence-electron chi connectivity index (χ2n) is 3.74. The first-order chi connectivity index (χ1) is 7.63. The van der Waals surface area contributed by atoms with Gasteiger partial charge >= 0.3 is 5.97 Å². The molecule has 1 aromatic rings. The third-order valence-corrected chi connectivity index (χ3v) is 2.25. The van der Waals surface area contributed by atoms with E-state index in [-0.39, 0.29) is 6.04 Å². The van der Waals surface area contributed by atoms with Gasteiger partial charge in [-0.1, -0.05) is 12.1 Å².